The Morgan fingerprint density at radius 1 is 1.12 bits per heavy atom. The standard InChI is InChI=1S/C18H20ClNO4/c1-11-5-6-15(19)17(7-11)23-10-18(22)24-9-16(21)14-8-12(2)20(4)13(14)3/h5-8H,9-10H2,1-4H3. The van der Waals surface area contributed by atoms with Crippen LogP contribution in [-0.4, -0.2) is 29.5 Å². The number of nitrogens with zero attached hydrogens (tertiary/aromatic N) is 1. The van der Waals surface area contributed by atoms with Gasteiger partial charge in [0, 0.05) is 24.0 Å². The first-order chi connectivity index (χ1) is 11.3. The summed E-state index contributed by atoms with van der Waals surface area (Å²) in [4.78, 5) is 23.9. The summed E-state index contributed by atoms with van der Waals surface area (Å²) in [7, 11) is 1.88. The Balaban J connectivity index is 1.88. The lowest BCUT2D eigenvalue weighted by Gasteiger charge is -2.09. The molecule has 0 unspecified atom stereocenters. The van der Waals surface area contributed by atoms with Crippen LogP contribution >= 0.6 is 11.6 Å². The van der Waals surface area contributed by atoms with Crippen molar-refractivity contribution >= 4 is 23.4 Å². The molecule has 1 heterocycles. The van der Waals surface area contributed by atoms with Crippen LogP contribution < -0.4 is 4.74 Å². The third-order valence-corrected chi connectivity index (χ3v) is 4.18. The Morgan fingerprint density at radius 3 is 2.46 bits per heavy atom. The fraction of sp³-hybridized carbons (Fsp3) is 0.333. The number of benzene rings is 1. The largest absolute Gasteiger partial charge is 0.480 e. The second-order valence-corrected chi connectivity index (χ2v) is 6.06. The molecule has 0 amide bonds. The second kappa shape index (κ2) is 7.53. The monoisotopic (exact) mass is 349 g/mol. The van der Waals surface area contributed by atoms with Crippen LogP contribution in [0.15, 0.2) is 24.3 Å². The van der Waals surface area contributed by atoms with Crippen LogP contribution in [0.25, 0.3) is 0 Å². The summed E-state index contributed by atoms with van der Waals surface area (Å²) in [5.74, 6) is -0.446. The fourth-order valence-electron chi connectivity index (χ4n) is 2.26. The van der Waals surface area contributed by atoms with E-state index in [0.29, 0.717) is 16.3 Å². The maximum atomic E-state index is 12.2. The molecule has 1 aromatic heterocycles. The van der Waals surface area contributed by atoms with Gasteiger partial charge in [0.1, 0.15) is 5.75 Å². The molecule has 6 heteroatoms. The Morgan fingerprint density at radius 2 is 1.83 bits per heavy atom. The summed E-state index contributed by atoms with van der Waals surface area (Å²) >= 11 is 5.99. The van der Waals surface area contributed by atoms with Gasteiger partial charge in [0.25, 0.3) is 0 Å². The average Bonchev–Trinajstić information content (AvgIpc) is 2.81. The van der Waals surface area contributed by atoms with Crippen LogP contribution in [-0.2, 0) is 16.6 Å². The van der Waals surface area contributed by atoms with E-state index in [1.807, 2.05) is 38.5 Å². The summed E-state index contributed by atoms with van der Waals surface area (Å²) in [6, 6.07) is 7.06. The van der Waals surface area contributed by atoms with E-state index in [9.17, 15) is 9.59 Å². The lowest BCUT2D eigenvalue weighted by Crippen LogP contribution is -2.20. The number of carbonyl (C=O) groups excluding carboxylic acids is 2. The van der Waals surface area contributed by atoms with Crippen molar-refractivity contribution in [3.63, 3.8) is 0 Å². The number of carbonyl (C=O) groups is 2. The predicted molar refractivity (Wildman–Crippen MR) is 91.9 cm³/mol. The average molecular weight is 350 g/mol. The van der Waals surface area contributed by atoms with Crippen LogP contribution in [0, 0.1) is 20.8 Å². The molecule has 0 bridgehead atoms. The molecular formula is C18H20ClNO4. The molecule has 0 aliphatic rings. The van der Waals surface area contributed by atoms with Gasteiger partial charge in [0.15, 0.2) is 13.2 Å². The van der Waals surface area contributed by atoms with Gasteiger partial charge in [-0.3, -0.25) is 4.79 Å². The molecule has 0 radical (unpaired) electrons. The zero-order chi connectivity index (χ0) is 17.9. The van der Waals surface area contributed by atoms with Gasteiger partial charge in [-0.2, -0.15) is 0 Å². The van der Waals surface area contributed by atoms with Crippen molar-refractivity contribution in [1.29, 1.82) is 0 Å². The van der Waals surface area contributed by atoms with Gasteiger partial charge in [0.05, 0.1) is 5.02 Å². The predicted octanol–water partition coefficient (Wildman–Crippen LogP) is 3.41. The smallest absolute Gasteiger partial charge is 0.344 e. The van der Waals surface area contributed by atoms with Gasteiger partial charge < -0.3 is 14.0 Å². The van der Waals surface area contributed by atoms with Gasteiger partial charge >= 0.3 is 5.97 Å². The van der Waals surface area contributed by atoms with Gasteiger partial charge in [-0.25, -0.2) is 4.79 Å². The zero-order valence-electron chi connectivity index (χ0n) is 14.2. The minimum Gasteiger partial charge on any atom is -0.480 e. The number of aryl methyl sites for hydroxylation is 2. The SMILES string of the molecule is Cc1ccc(Cl)c(OCC(=O)OCC(=O)c2cc(C)n(C)c2C)c1. The number of ketones is 1. The van der Waals surface area contributed by atoms with Crippen molar-refractivity contribution < 1.29 is 19.1 Å². The highest BCUT2D eigenvalue weighted by atomic mass is 35.5. The molecule has 24 heavy (non-hydrogen) atoms. The minimum atomic E-state index is -0.619. The number of esters is 1. The van der Waals surface area contributed by atoms with Crippen molar-refractivity contribution in [2.75, 3.05) is 13.2 Å². The molecule has 0 fully saturated rings. The van der Waals surface area contributed by atoms with E-state index in [1.165, 1.54) is 0 Å². The summed E-state index contributed by atoms with van der Waals surface area (Å²) < 4.78 is 12.2. The highest BCUT2D eigenvalue weighted by molar-refractivity contribution is 6.32. The van der Waals surface area contributed by atoms with Crippen molar-refractivity contribution in [1.82, 2.24) is 4.57 Å². The Labute approximate surface area is 146 Å². The number of Topliss-reactive ketones (excluding diaryl/α,β-unsaturated/α-hetero) is 1. The molecule has 0 aliphatic heterocycles. The van der Waals surface area contributed by atoms with Crippen LogP contribution in [0.4, 0.5) is 0 Å². The molecule has 5 nitrogen and oxygen atoms in total. The van der Waals surface area contributed by atoms with Crippen LogP contribution in [0.3, 0.4) is 0 Å². The molecule has 0 aliphatic carbocycles. The van der Waals surface area contributed by atoms with E-state index in [1.54, 1.807) is 18.2 Å². The van der Waals surface area contributed by atoms with E-state index in [0.717, 1.165) is 17.0 Å². The molecule has 2 aromatic rings. The van der Waals surface area contributed by atoms with Gasteiger partial charge in [-0.15, -0.1) is 0 Å². The molecule has 128 valence electrons. The summed E-state index contributed by atoms with van der Waals surface area (Å²) in [6.07, 6.45) is 0. The van der Waals surface area contributed by atoms with Crippen molar-refractivity contribution in [3.8, 4) is 5.75 Å². The first kappa shape index (κ1) is 18.1. The van der Waals surface area contributed by atoms with Crippen molar-refractivity contribution in [2.45, 2.75) is 20.8 Å². The Bertz CT molecular complexity index is 780. The van der Waals surface area contributed by atoms with Crippen LogP contribution in [0.2, 0.25) is 5.02 Å². The third kappa shape index (κ3) is 4.17. The topological polar surface area (TPSA) is 57.5 Å². The van der Waals surface area contributed by atoms with Crippen LogP contribution in [0.1, 0.15) is 27.3 Å². The number of ether oxygens (including phenoxy) is 2. The maximum absolute atomic E-state index is 12.2. The second-order valence-electron chi connectivity index (χ2n) is 5.65. The molecule has 0 N–H and O–H groups in total. The summed E-state index contributed by atoms with van der Waals surface area (Å²) in [5, 5.41) is 0.417. The molecular weight excluding hydrogens is 330 g/mol. The van der Waals surface area contributed by atoms with Gasteiger partial charge in [-0.1, -0.05) is 17.7 Å². The number of hydrogen-bond acceptors (Lipinski definition) is 4. The lowest BCUT2D eigenvalue weighted by molar-refractivity contribution is -0.144. The molecule has 0 spiro atoms. The molecule has 0 saturated heterocycles. The van der Waals surface area contributed by atoms with Crippen molar-refractivity contribution in [3.05, 3.63) is 51.8 Å². The highest BCUT2D eigenvalue weighted by Gasteiger charge is 2.16. The minimum absolute atomic E-state index is 0.238. The van der Waals surface area contributed by atoms with Gasteiger partial charge in [0.2, 0.25) is 5.78 Å². The number of aromatic nitrogens is 1. The Hall–Kier alpha value is -2.27. The molecule has 2 rings (SSSR count). The normalized spacial score (nSPS) is 10.5. The van der Waals surface area contributed by atoms with E-state index >= 15 is 0 Å². The van der Waals surface area contributed by atoms with Crippen LogP contribution in [0.5, 0.6) is 5.75 Å². The summed E-state index contributed by atoms with van der Waals surface area (Å²) in [6.45, 7) is 5.04. The first-order valence-corrected chi connectivity index (χ1v) is 7.88. The lowest BCUT2D eigenvalue weighted by atomic mass is 10.1. The Kier molecular flexibility index (Phi) is 5.67. The molecule has 1 aromatic carbocycles. The highest BCUT2D eigenvalue weighted by Crippen LogP contribution is 2.25. The van der Waals surface area contributed by atoms with E-state index in [2.05, 4.69) is 0 Å². The van der Waals surface area contributed by atoms with E-state index in [4.69, 9.17) is 21.1 Å². The van der Waals surface area contributed by atoms with E-state index in [-0.39, 0.29) is 19.0 Å². The number of rotatable bonds is 6. The van der Waals surface area contributed by atoms with Crippen molar-refractivity contribution in [2.24, 2.45) is 7.05 Å². The summed E-state index contributed by atoms with van der Waals surface area (Å²) in [5.41, 5.74) is 3.34. The van der Waals surface area contributed by atoms with Gasteiger partial charge in [-0.05, 0) is 44.5 Å². The quantitative estimate of drug-likeness (QED) is 0.592. The number of hydrogen-bond donors (Lipinski definition) is 0. The zero-order valence-corrected chi connectivity index (χ0v) is 14.9. The van der Waals surface area contributed by atoms with E-state index < -0.39 is 5.97 Å². The maximum Gasteiger partial charge on any atom is 0.344 e. The fourth-order valence-corrected chi connectivity index (χ4v) is 2.43. The third-order valence-electron chi connectivity index (χ3n) is 3.87. The molecule has 0 atom stereocenters. The first-order valence-electron chi connectivity index (χ1n) is 7.50. The number of halogens is 1. The molecule has 0 saturated carbocycles.